The first-order chi connectivity index (χ1) is 12.1. The molecule has 1 aromatic heterocycles. The van der Waals surface area contributed by atoms with Gasteiger partial charge in [0.1, 0.15) is 37.5 Å². The van der Waals surface area contributed by atoms with Gasteiger partial charge in [0.15, 0.2) is 0 Å². The molecule has 25 heavy (non-hydrogen) atoms. The predicted molar refractivity (Wildman–Crippen MR) is 85.5 cm³/mol. The van der Waals surface area contributed by atoms with E-state index in [9.17, 15) is 14.4 Å². The molecule has 0 atom stereocenters. The lowest BCUT2D eigenvalue weighted by molar-refractivity contribution is -0.154. The highest BCUT2D eigenvalue weighted by Gasteiger charge is 2.08. The lowest BCUT2D eigenvalue weighted by atomic mass is 10.3. The minimum absolute atomic E-state index is 0.0817. The Labute approximate surface area is 142 Å². The average Bonchev–Trinajstić information content (AvgIpc) is 3.06. The fraction of sp³-hybridized carbons (Fsp3) is 0.267. The van der Waals surface area contributed by atoms with Gasteiger partial charge in [-0.3, -0.25) is 4.79 Å². The van der Waals surface area contributed by atoms with Gasteiger partial charge in [0.25, 0.3) is 0 Å². The van der Waals surface area contributed by atoms with Gasteiger partial charge in [-0.15, -0.1) is 0 Å². The van der Waals surface area contributed by atoms with Gasteiger partial charge in [-0.05, 0) is 18.2 Å². The first kappa shape index (κ1) is 18.1. The molecule has 2 aromatic rings. The molecule has 0 unspecified atom stereocenters. The van der Waals surface area contributed by atoms with Gasteiger partial charge in [0, 0.05) is 11.8 Å². The normalized spacial score (nSPS) is 10.2. The molecule has 10 nitrogen and oxygen atoms in total. The van der Waals surface area contributed by atoms with E-state index in [1.807, 2.05) is 0 Å². The number of hydrogen-bond acceptors (Lipinski definition) is 8. The third-order valence-corrected chi connectivity index (χ3v) is 2.81. The summed E-state index contributed by atoms with van der Waals surface area (Å²) in [6, 6.07) is 5.02. The van der Waals surface area contributed by atoms with Gasteiger partial charge >= 0.3 is 11.9 Å². The van der Waals surface area contributed by atoms with E-state index in [0.717, 1.165) is 6.08 Å². The maximum absolute atomic E-state index is 11.7. The largest absolute Gasteiger partial charge is 0.460 e. The number of ether oxygens (including phenoxy) is 3. The Kier molecular flexibility index (Phi) is 6.60. The van der Waals surface area contributed by atoms with E-state index < -0.39 is 24.5 Å². The number of anilines is 1. The van der Waals surface area contributed by atoms with Crippen LogP contribution in [-0.4, -0.2) is 59.7 Å². The number of H-pyrrole nitrogens is 1. The Hall–Kier alpha value is -3.27. The number of rotatable bonds is 9. The molecule has 1 aromatic carbocycles. The molecule has 0 saturated carbocycles. The van der Waals surface area contributed by atoms with Gasteiger partial charge in [-0.25, -0.2) is 9.59 Å². The Morgan fingerprint density at radius 2 is 1.88 bits per heavy atom. The lowest BCUT2D eigenvalue weighted by Gasteiger charge is -2.07. The molecular formula is C15H16N4O6. The van der Waals surface area contributed by atoms with Crippen LogP contribution in [0.5, 0.6) is 0 Å². The zero-order valence-corrected chi connectivity index (χ0v) is 13.2. The standard InChI is InChI=1S/C15H16N4O6/c1-2-14(21)24-5-6-25-15(22)9-23-8-13(20)16-10-3-4-11-12(7-10)18-19-17-11/h2-4,7H,1,5-6,8-9H2,(H,16,20)(H,17,18,19). The predicted octanol–water partition coefficient (Wildman–Crippen LogP) is 0.185. The number of amides is 1. The minimum Gasteiger partial charge on any atom is -0.460 e. The Morgan fingerprint density at radius 3 is 2.68 bits per heavy atom. The number of nitrogens with one attached hydrogen (secondary N) is 2. The van der Waals surface area contributed by atoms with Crippen molar-refractivity contribution in [1.82, 2.24) is 15.4 Å². The van der Waals surface area contributed by atoms with E-state index in [2.05, 4.69) is 32.0 Å². The number of nitrogens with zero attached hydrogens (tertiary/aromatic N) is 2. The summed E-state index contributed by atoms with van der Waals surface area (Å²) in [6.45, 7) is 2.32. The molecule has 10 heteroatoms. The van der Waals surface area contributed by atoms with Crippen molar-refractivity contribution in [2.24, 2.45) is 0 Å². The second kappa shape index (κ2) is 9.13. The molecule has 0 aliphatic carbocycles. The van der Waals surface area contributed by atoms with E-state index in [-0.39, 0.29) is 19.8 Å². The highest BCUT2D eigenvalue weighted by molar-refractivity contribution is 5.93. The van der Waals surface area contributed by atoms with Gasteiger partial charge in [-0.2, -0.15) is 15.4 Å². The molecule has 2 N–H and O–H groups in total. The maximum atomic E-state index is 11.7. The third kappa shape index (κ3) is 6.03. The number of carbonyl (C=O) groups excluding carboxylic acids is 3. The molecule has 0 aliphatic heterocycles. The number of esters is 2. The van der Waals surface area contributed by atoms with Crippen molar-refractivity contribution in [2.75, 3.05) is 31.7 Å². The maximum Gasteiger partial charge on any atom is 0.332 e. The van der Waals surface area contributed by atoms with Crippen molar-refractivity contribution in [1.29, 1.82) is 0 Å². The Balaban J connectivity index is 1.62. The molecular weight excluding hydrogens is 332 g/mol. The fourth-order valence-corrected chi connectivity index (χ4v) is 1.74. The second-order valence-corrected chi connectivity index (χ2v) is 4.66. The van der Waals surface area contributed by atoms with Gasteiger partial charge in [-0.1, -0.05) is 6.58 Å². The van der Waals surface area contributed by atoms with Gasteiger partial charge in [0.05, 0.1) is 0 Å². The van der Waals surface area contributed by atoms with Crippen LogP contribution < -0.4 is 5.32 Å². The van der Waals surface area contributed by atoms with Crippen LogP contribution in [-0.2, 0) is 28.6 Å². The van der Waals surface area contributed by atoms with Crippen LogP contribution in [0.3, 0.4) is 0 Å². The van der Waals surface area contributed by atoms with Crippen LogP contribution in [0.15, 0.2) is 30.9 Å². The highest BCUT2D eigenvalue weighted by atomic mass is 16.6. The smallest absolute Gasteiger partial charge is 0.332 e. The van der Waals surface area contributed by atoms with Crippen LogP contribution in [0.25, 0.3) is 11.0 Å². The quantitative estimate of drug-likeness (QED) is 0.373. The molecule has 132 valence electrons. The summed E-state index contributed by atoms with van der Waals surface area (Å²) >= 11 is 0. The first-order valence-electron chi connectivity index (χ1n) is 7.21. The summed E-state index contributed by atoms with van der Waals surface area (Å²) in [5.41, 5.74) is 1.82. The Morgan fingerprint density at radius 1 is 1.12 bits per heavy atom. The van der Waals surface area contributed by atoms with Gasteiger partial charge < -0.3 is 19.5 Å². The van der Waals surface area contributed by atoms with Crippen molar-refractivity contribution >= 4 is 34.6 Å². The van der Waals surface area contributed by atoms with E-state index in [4.69, 9.17) is 9.47 Å². The van der Waals surface area contributed by atoms with E-state index >= 15 is 0 Å². The van der Waals surface area contributed by atoms with E-state index in [1.54, 1.807) is 18.2 Å². The fourth-order valence-electron chi connectivity index (χ4n) is 1.74. The van der Waals surface area contributed by atoms with Crippen molar-refractivity contribution in [3.8, 4) is 0 Å². The molecule has 0 saturated heterocycles. The first-order valence-corrected chi connectivity index (χ1v) is 7.21. The average molecular weight is 348 g/mol. The topological polar surface area (TPSA) is 132 Å². The number of fused-ring (bicyclic) bond motifs is 1. The van der Waals surface area contributed by atoms with Crippen LogP contribution >= 0.6 is 0 Å². The summed E-state index contributed by atoms with van der Waals surface area (Å²) in [5.74, 6) is -1.71. The van der Waals surface area contributed by atoms with E-state index in [0.29, 0.717) is 16.7 Å². The number of benzene rings is 1. The molecule has 0 spiro atoms. The molecule has 0 aliphatic rings. The van der Waals surface area contributed by atoms with Crippen molar-refractivity contribution in [3.05, 3.63) is 30.9 Å². The molecule has 1 amide bonds. The van der Waals surface area contributed by atoms with Crippen molar-refractivity contribution < 1.29 is 28.6 Å². The summed E-state index contributed by atoms with van der Waals surface area (Å²) in [4.78, 5) is 33.8. The number of aromatic nitrogens is 3. The minimum atomic E-state index is -0.675. The molecule has 0 radical (unpaired) electrons. The number of carbonyl (C=O) groups is 3. The lowest BCUT2D eigenvalue weighted by Crippen LogP contribution is -2.22. The summed E-state index contributed by atoms with van der Waals surface area (Å²) < 4.78 is 14.3. The van der Waals surface area contributed by atoms with E-state index in [1.165, 1.54) is 0 Å². The SMILES string of the molecule is C=CC(=O)OCCOC(=O)COCC(=O)Nc1ccc2n[nH]nc2c1. The highest BCUT2D eigenvalue weighted by Crippen LogP contribution is 2.14. The second-order valence-electron chi connectivity index (χ2n) is 4.66. The monoisotopic (exact) mass is 348 g/mol. The van der Waals surface area contributed by atoms with Crippen molar-refractivity contribution in [3.63, 3.8) is 0 Å². The molecule has 2 rings (SSSR count). The molecule has 1 heterocycles. The van der Waals surface area contributed by atoms with Crippen LogP contribution in [0.1, 0.15) is 0 Å². The van der Waals surface area contributed by atoms with Gasteiger partial charge in [0.2, 0.25) is 5.91 Å². The molecule has 0 bridgehead atoms. The zero-order chi connectivity index (χ0) is 18.1. The third-order valence-electron chi connectivity index (χ3n) is 2.81. The summed E-state index contributed by atoms with van der Waals surface area (Å²) in [5, 5.41) is 12.9. The summed E-state index contributed by atoms with van der Waals surface area (Å²) in [6.07, 6.45) is 1.00. The van der Waals surface area contributed by atoms with Crippen LogP contribution in [0.4, 0.5) is 5.69 Å². The number of hydrogen-bond donors (Lipinski definition) is 2. The van der Waals surface area contributed by atoms with Crippen LogP contribution in [0.2, 0.25) is 0 Å². The summed E-state index contributed by atoms with van der Waals surface area (Å²) in [7, 11) is 0. The Bertz CT molecular complexity index is 772. The molecule has 0 fully saturated rings. The van der Waals surface area contributed by atoms with Crippen LogP contribution in [0, 0.1) is 0 Å². The van der Waals surface area contributed by atoms with Crippen molar-refractivity contribution in [2.45, 2.75) is 0 Å². The zero-order valence-electron chi connectivity index (χ0n) is 13.2. The number of aromatic amines is 1.